The summed E-state index contributed by atoms with van der Waals surface area (Å²) < 4.78 is 19.0. The van der Waals surface area contributed by atoms with Gasteiger partial charge in [-0.1, -0.05) is 24.3 Å². The highest BCUT2D eigenvalue weighted by molar-refractivity contribution is 5.84. The van der Waals surface area contributed by atoms with E-state index in [1.165, 1.54) is 24.3 Å². The van der Waals surface area contributed by atoms with E-state index in [9.17, 15) is 14.0 Å². The van der Waals surface area contributed by atoms with E-state index in [1.807, 2.05) is 30.5 Å². The summed E-state index contributed by atoms with van der Waals surface area (Å²) in [6, 6.07) is 14.3. The first kappa shape index (κ1) is 21.3. The lowest BCUT2D eigenvalue weighted by atomic mass is 10.0. The number of carbonyl (C=O) groups excluding carboxylic acids is 1. The Morgan fingerprint density at radius 2 is 2.00 bits per heavy atom. The van der Waals surface area contributed by atoms with Crippen molar-refractivity contribution in [2.45, 2.75) is 32.4 Å². The van der Waals surface area contributed by atoms with Crippen LogP contribution in [-0.4, -0.2) is 27.0 Å². The molecule has 8 heteroatoms. The predicted octanol–water partition coefficient (Wildman–Crippen LogP) is 3.57. The number of nitrogens with zero attached hydrogens (tertiary/aromatic N) is 1. The Balaban J connectivity index is 1.60. The van der Waals surface area contributed by atoms with E-state index >= 15 is 0 Å². The van der Waals surface area contributed by atoms with Gasteiger partial charge in [0.1, 0.15) is 17.4 Å². The fourth-order valence-corrected chi connectivity index (χ4v) is 3.62. The second-order valence-electron chi connectivity index (χ2n) is 7.60. The van der Waals surface area contributed by atoms with Crippen molar-refractivity contribution in [3.8, 4) is 5.75 Å². The van der Waals surface area contributed by atoms with Gasteiger partial charge in [-0.15, -0.1) is 0 Å². The minimum atomic E-state index is -0.884. The third-order valence-corrected chi connectivity index (χ3v) is 5.13. The maximum Gasteiger partial charge on any atom is 0.261 e. The molecule has 0 aliphatic carbocycles. The number of hydrogen-bond donors (Lipinski definition) is 3. The molecule has 0 spiro atoms. The average Bonchev–Trinajstić information content (AvgIpc) is 3.15. The Kier molecular flexibility index (Phi) is 6.02. The Labute approximate surface area is 183 Å². The van der Waals surface area contributed by atoms with Gasteiger partial charge in [0, 0.05) is 35.7 Å². The van der Waals surface area contributed by atoms with Crippen LogP contribution in [-0.2, 0) is 11.2 Å². The number of benzene rings is 2. The number of aromatic amines is 2. The van der Waals surface area contributed by atoms with E-state index in [1.54, 1.807) is 19.9 Å². The minimum Gasteiger partial charge on any atom is -0.481 e. The summed E-state index contributed by atoms with van der Waals surface area (Å²) in [7, 11) is 0. The number of halogens is 1. The number of H-pyrrole nitrogens is 2. The highest BCUT2D eigenvalue weighted by Gasteiger charge is 2.23. The monoisotopic (exact) mass is 434 g/mol. The third kappa shape index (κ3) is 4.85. The van der Waals surface area contributed by atoms with Crippen molar-refractivity contribution in [2.75, 3.05) is 0 Å². The van der Waals surface area contributed by atoms with Crippen molar-refractivity contribution < 1.29 is 13.9 Å². The molecule has 3 N–H and O–H groups in total. The maximum atomic E-state index is 13.4. The Morgan fingerprint density at radius 3 is 2.78 bits per heavy atom. The first-order valence-electron chi connectivity index (χ1n) is 10.2. The lowest BCUT2D eigenvalue weighted by molar-refractivity contribution is -0.128. The molecule has 2 atom stereocenters. The molecule has 0 bridgehead atoms. The van der Waals surface area contributed by atoms with E-state index in [0.717, 1.165) is 16.5 Å². The third-order valence-electron chi connectivity index (χ3n) is 5.13. The summed E-state index contributed by atoms with van der Waals surface area (Å²) in [6.45, 7) is 3.27. The van der Waals surface area contributed by atoms with Crippen LogP contribution in [0, 0.1) is 12.7 Å². The van der Waals surface area contributed by atoms with Gasteiger partial charge in [-0.25, -0.2) is 9.37 Å². The van der Waals surface area contributed by atoms with Crippen LogP contribution in [0.15, 0.2) is 65.6 Å². The molecule has 32 heavy (non-hydrogen) atoms. The van der Waals surface area contributed by atoms with Crippen LogP contribution in [0.5, 0.6) is 5.75 Å². The second kappa shape index (κ2) is 9.05. The van der Waals surface area contributed by atoms with Gasteiger partial charge >= 0.3 is 0 Å². The molecule has 164 valence electrons. The molecule has 2 aromatic heterocycles. The largest absolute Gasteiger partial charge is 0.481 e. The molecule has 0 radical (unpaired) electrons. The molecule has 0 unspecified atom stereocenters. The minimum absolute atomic E-state index is 0.256. The van der Waals surface area contributed by atoms with Crippen LogP contribution in [0.2, 0.25) is 0 Å². The molecule has 7 nitrogen and oxygen atoms in total. The highest BCUT2D eigenvalue weighted by atomic mass is 19.1. The van der Waals surface area contributed by atoms with Crippen molar-refractivity contribution in [3.63, 3.8) is 0 Å². The van der Waals surface area contributed by atoms with E-state index in [4.69, 9.17) is 4.74 Å². The van der Waals surface area contributed by atoms with Crippen LogP contribution >= 0.6 is 0 Å². The zero-order valence-corrected chi connectivity index (χ0v) is 17.7. The number of nitrogens with one attached hydrogen (secondary N) is 3. The summed E-state index contributed by atoms with van der Waals surface area (Å²) in [5.41, 5.74) is 2.10. The number of amides is 1. The molecular formula is C24H23FN4O3. The molecule has 0 fully saturated rings. The van der Waals surface area contributed by atoms with Crippen molar-refractivity contribution >= 4 is 16.8 Å². The van der Waals surface area contributed by atoms with Gasteiger partial charge in [-0.05, 0) is 37.6 Å². The SMILES string of the molecule is Cc1nc([C@@H](Cc2c[nH]c3ccccc23)NC(=O)[C@H](C)Oc2cccc(F)c2)cc(=O)[nH]1. The first-order valence-corrected chi connectivity index (χ1v) is 10.2. The van der Waals surface area contributed by atoms with Crippen LogP contribution in [0.4, 0.5) is 4.39 Å². The van der Waals surface area contributed by atoms with E-state index in [0.29, 0.717) is 17.9 Å². The lowest BCUT2D eigenvalue weighted by Gasteiger charge is -2.21. The molecular weight excluding hydrogens is 411 g/mol. The van der Waals surface area contributed by atoms with Gasteiger partial charge in [0.25, 0.3) is 11.5 Å². The molecule has 1 amide bonds. The molecule has 0 saturated heterocycles. The molecule has 4 rings (SSSR count). The van der Waals surface area contributed by atoms with Gasteiger partial charge in [-0.3, -0.25) is 9.59 Å². The molecule has 4 aromatic rings. The van der Waals surface area contributed by atoms with Gasteiger partial charge in [0.05, 0.1) is 11.7 Å². The van der Waals surface area contributed by atoms with Gasteiger partial charge < -0.3 is 20.0 Å². The average molecular weight is 434 g/mol. The summed E-state index contributed by atoms with van der Waals surface area (Å²) in [4.78, 5) is 35.2. The van der Waals surface area contributed by atoms with Gasteiger partial charge in [0.2, 0.25) is 0 Å². The number of hydrogen-bond acceptors (Lipinski definition) is 4. The quantitative estimate of drug-likeness (QED) is 0.414. The second-order valence-corrected chi connectivity index (χ2v) is 7.60. The summed E-state index contributed by atoms with van der Waals surface area (Å²) in [6.07, 6.45) is 1.42. The normalized spacial score (nSPS) is 13.0. The highest BCUT2D eigenvalue weighted by Crippen LogP contribution is 2.24. The molecule has 2 heterocycles. The fraction of sp³-hybridized carbons (Fsp3) is 0.208. The van der Waals surface area contributed by atoms with Crippen molar-refractivity contribution in [1.82, 2.24) is 20.3 Å². The predicted molar refractivity (Wildman–Crippen MR) is 119 cm³/mol. The molecule has 0 aliphatic rings. The van der Waals surface area contributed by atoms with Crippen LogP contribution in [0.1, 0.15) is 30.0 Å². The fourth-order valence-electron chi connectivity index (χ4n) is 3.62. The van der Waals surface area contributed by atoms with Crippen LogP contribution in [0.3, 0.4) is 0 Å². The van der Waals surface area contributed by atoms with E-state index in [2.05, 4.69) is 20.3 Å². The number of fused-ring (bicyclic) bond motifs is 1. The van der Waals surface area contributed by atoms with E-state index in [-0.39, 0.29) is 11.3 Å². The summed E-state index contributed by atoms with van der Waals surface area (Å²) in [5.74, 6) is -0.143. The number of carbonyl (C=O) groups is 1. The Bertz CT molecular complexity index is 1310. The number of ether oxygens (including phenoxy) is 1. The zero-order chi connectivity index (χ0) is 22.7. The Morgan fingerprint density at radius 1 is 1.19 bits per heavy atom. The number of aromatic nitrogens is 3. The van der Waals surface area contributed by atoms with Crippen molar-refractivity contribution in [1.29, 1.82) is 0 Å². The van der Waals surface area contributed by atoms with Crippen LogP contribution in [0.25, 0.3) is 10.9 Å². The number of para-hydroxylation sites is 1. The molecule has 0 saturated carbocycles. The molecule has 0 aliphatic heterocycles. The van der Waals surface area contributed by atoms with Crippen molar-refractivity contribution in [3.05, 3.63) is 94.0 Å². The standard InChI is InChI=1S/C24H23FN4O3/c1-14(32-18-7-5-6-17(25)11-18)24(31)29-21(22-12-23(30)28-15(2)27-22)10-16-13-26-20-9-4-3-8-19(16)20/h3-9,11-14,21,26H,10H2,1-2H3,(H,29,31)(H,27,28,30)/t14-,21+/m0/s1. The molecule has 2 aromatic carbocycles. The maximum absolute atomic E-state index is 13.4. The zero-order valence-electron chi connectivity index (χ0n) is 17.7. The van der Waals surface area contributed by atoms with E-state index < -0.39 is 23.9 Å². The van der Waals surface area contributed by atoms with Gasteiger partial charge in [-0.2, -0.15) is 0 Å². The lowest BCUT2D eigenvalue weighted by Crippen LogP contribution is -2.40. The van der Waals surface area contributed by atoms with Crippen LogP contribution < -0.4 is 15.6 Å². The number of aryl methyl sites for hydroxylation is 1. The van der Waals surface area contributed by atoms with Gasteiger partial charge in [0.15, 0.2) is 6.10 Å². The summed E-state index contributed by atoms with van der Waals surface area (Å²) >= 11 is 0. The Hall–Kier alpha value is -3.94. The van der Waals surface area contributed by atoms with Crippen molar-refractivity contribution in [2.24, 2.45) is 0 Å². The summed E-state index contributed by atoms with van der Waals surface area (Å²) in [5, 5.41) is 3.96. The first-order chi connectivity index (χ1) is 15.4. The number of rotatable bonds is 7. The topological polar surface area (TPSA) is 99.9 Å². The smallest absolute Gasteiger partial charge is 0.261 e.